The highest BCUT2D eigenvalue weighted by atomic mass is 16.7. The van der Waals surface area contributed by atoms with Gasteiger partial charge in [-0.15, -0.1) is 0 Å². The number of carbonyl (C=O) groups excluding carboxylic acids is 1. The van der Waals surface area contributed by atoms with Crippen molar-refractivity contribution in [3.05, 3.63) is 48.6 Å². The summed E-state index contributed by atoms with van der Waals surface area (Å²) in [6, 6.07) is -0.833. The van der Waals surface area contributed by atoms with Gasteiger partial charge in [-0.1, -0.05) is 120 Å². The molecule has 7 unspecified atom stereocenters. The summed E-state index contributed by atoms with van der Waals surface area (Å²) in [6.07, 6.45) is 31.5. The average Bonchev–Trinajstić information content (AvgIpc) is 3.11. The standard InChI is InChI=1S/C41H73NO8/c1-3-5-7-9-11-13-15-17-19-20-22-24-26-28-30-35(44)34(33-49-41-40(48)39(47)38(46)36(32-43)50-41)42-37(45)31-29-27-25-23-21-18-16-14-12-10-8-6-4-2/h13,15,18,20-22,28,30,34-36,38-41,43-44,46-48H,3-12,14,16-17,19,23-27,29,31-33H2,1-2H3,(H,42,45)/b15-13+,21-18-,22-20+,30-28+. The molecule has 7 atom stereocenters. The minimum Gasteiger partial charge on any atom is -0.394 e. The van der Waals surface area contributed by atoms with Crippen LogP contribution in [0.1, 0.15) is 149 Å². The fourth-order valence-corrected chi connectivity index (χ4v) is 5.83. The smallest absolute Gasteiger partial charge is 0.220 e. The van der Waals surface area contributed by atoms with Gasteiger partial charge in [0.2, 0.25) is 5.91 Å². The van der Waals surface area contributed by atoms with Gasteiger partial charge >= 0.3 is 0 Å². The summed E-state index contributed by atoms with van der Waals surface area (Å²) in [5.41, 5.74) is 0. The third-order valence-electron chi connectivity index (χ3n) is 9.10. The van der Waals surface area contributed by atoms with Crippen LogP contribution in [0, 0.1) is 0 Å². The van der Waals surface area contributed by atoms with Crippen molar-refractivity contribution >= 4 is 5.91 Å². The maximum atomic E-state index is 12.9. The highest BCUT2D eigenvalue weighted by Gasteiger charge is 2.44. The predicted molar refractivity (Wildman–Crippen MR) is 203 cm³/mol. The Morgan fingerprint density at radius 1 is 0.660 bits per heavy atom. The maximum Gasteiger partial charge on any atom is 0.220 e. The molecular formula is C41H73NO8. The van der Waals surface area contributed by atoms with Crippen LogP contribution in [0.4, 0.5) is 0 Å². The third kappa shape index (κ3) is 22.9. The molecule has 1 amide bonds. The lowest BCUT2D eigenvalue weighted by Gasteiger charge is -2.40. The molecule has 1 aliphatic heterocycles. The zero-order valence-corrected chi connectivity index (χ0v) is 31.4. The zero-order valence-electron chi connectivity index (χ0n) is 31.4. The Labute approximate surface area is 303 Å². The average molecular weight is 708 g/mol. The molecule has 0 radical (unpaired) electrons. The van der Waals surface area contributed by atoms with E-state index in [1.807, 2.05) is 6.08 Å². The Bertz CT molecular complexity index is 920. The number of nitrogens with one attached hydrogen (secondary N) is 1. The lowest BCUT2D eigenvalue weighted by Crippen LogP contribution is -2.60. The molecule has 50 heavy (non-hydrogen) atoms. The quantitative estimate of drug-likeness (QED) is 0.0330. The van der Waals surface area contributed by atoms with Crippen LogP contribution in [0.3, 0.4) is 0 Å². The van der Waals surface area contributed by atoms with E-state index in [-0.39, 0.29) is 12.5 Å². The molecule has 9 heteroatoms. The molecule has 9 nitrogen and oxygen atoms in total. The molecule has 0 bridgehead atoms. The molecule has 290 valence electrons. The summed E-state index contributed by atoms with van der Waals surface area (Å²) < 4.78 is 11.1. The summed E-state index contributed by atoms with van der Waals surface area (Å²) >= 11 is 0. The molecule has 1 rings (SSSR count). The van der Waals surface area contributed by atoms with E-state index < -0.39 is 49.5 Å². The number of allylic oxidation sites excluding steroid dienone is 7. The highest BCUT2D eigenvalue weighted by Crippen LogP contribution is 2.22. The molecule has 1 aliphatic rings. The van der Waals surface area contributed by atoms with E-state index in [1.54, 1.807) is 6.08 Å². The molecule has 0 aromatic carbocycles. The van der Waals surface area contributed by atoms with Gasteiger partial charge in [-0.2, -0.15) is 0 Å². The maximum absolute atomic E-state index is 12.9. The number of hydrogen-bond donors (Lipinski definition) is 6. The number of ether oxygens (including phenoxy) is 2. The summed E-state index contributed by atoms with van der Waals surface area (Å²) in [5, 5.41) is 53.9. The SMILES string of the molecule is CCCCCC/C=C/CC/C=C/CC/C=C/C(O)C(COC1OC(CO)C(O)C(O)C1O)NC(=O)CCCCC/C=C\CCCCCCCC. The van der Waals surface area contributed by atoms with Crippen LogP contribution < -0.4 is 5.32 Å². The molecule has 0 spiro atoms. The van der Waals surface area contributed by atoms with E-state index in [2.05, 4.69) is 55.6 Å². The van der Waals surface area contributed by atoms with Gasteiger partial charge in [0.05, 0.1) is 25.4 Å². The highest BCUT2D eigenvalue weighted by molar-refractivity contribution is 5.76. The van der Waals surface area contributed by atoms with Crippen molar-refractivity contribution < 1.29 is 39.8 Å². The molecule has 0 aliphatic carbocycles. The number of aliphatic hydroxyl groups excluding tert-OH is 5. The molecule has 1 heterocycles. The number of hydrogen-bond acceptors (Lipinski definition) is 8. The summed E-state index contributed by atoms with van der Waals surface area (Å²) in [6.45, 7) is 3.67. The normalized spacial score (nSPS) is 22.7. The topological polar surface area (TPSA) is 149 Å². The Morgan fingerprint density at radius 2 is 1.14 bits per heavy atom. The van der Waals surface area contributed by atoms with Gasteiger partial charge in [-0.25, -0.2) is 0 Å². The summed E-state index contributed by atoms with van der Waals surface area (Å²) in [5.74, 6) is -0.212. The Balaban J connectivity index is 2.51. The van der Waals surface area contributed by atoms with Crippen LogP contribution >= 0.6 is 0 Å². The number of rotatable bonds is 31. The first-order chi connectivity index (χ1) is 24.3. The molecule has 1 saturated heterocycles. The van der Waals surface area contributed by atoms with Gasteiger partial charge in [0.15, 0.2) is 6.29 Å². The lowest BCUT2D eigenvalue weighted by molar-refractivity contribution is -0.302. The Morgan fingerprint density at radius 3 is 1.70 bits per heavy atom. The van der Waals surface area contributed by atoms with E-state index in [1.165, 1.54) is 64.2 Å². The number of unbranched alkanes of at least 4 members (excludes halogenated alkanes) is 15. The molecule has 0 aromatic heterocycles. The van der Waals surface area contributed by atoms with Crippen LogP contribution in [0.2, 0.25) is 0 Å². The molecular weight excluding hydrogens is 634 g/mol. The Kier molecular flexibility index (Phi) is 29.4. The number of carbonyl (C=O) groups is 1. The van der Waals surface area contributed by atoms with E-state index in [4.69, 9.17) is 9.47 Å². The van der Waals surface area contributed by atoms with Crippen LogP contribution in [0.25, 0.3) is 0 Å². The van der Waals surface area contributed by atoms with Crippen molar-refractivity contribution in [2.24, 2.45) is 0 Å². The van der Waals surface area contributed by atoms with Gasteiger partial charge in [-0.3, -0.25) is 4.79 Å². The molecule has 0 aromatic rings. The molecule has 6 N–H and O–H groups in total. The first-order valence-corrected chi connectivity index (χ1v) is 19.9. The van der Waals surface area contributed by atoms with E-state index in [0.717, 1.165) is 64.2 Å². The van der Waals surface area contributed by atoms with E-state index >= 15 is 0 Å². The van der Waals surface area contributed by atoms with E-state index in [0.29, 0.717) is 6.42 Å². The van der Waals surface area contributed by atoms with Gasteiger partial charge in [0, 0.05) is 6.42 Å². The number of amides is 1. The second-order valence-corrected chi connectivity index (χ2v) is 13.7. The van der Waals surface area contributed by atoms with E-state index in [9.17, 15) is 30.3 Å². The predicted octanol–water partition coefficient (Wildman–Crippen LogP) is 7.11. The van der Waals surface area contributed by atoms with Gasteiger partial charge < -0.3 is 40.3 Å². The van der Waals surface area contributed by atoms with Crippen molar-refractivity contribution in [1.82, 2.24) is 5.32 Å². The number of aliphatic hydroxyl groups is 5. The van der Waals surface area contributed by atoms with Gasteiger partial charge in [0.25, 0.3) is 0 Å². The second kappa shape index (κ2) is 31.9. The summed E-state index contributed by atoms with van der Waals surface area (Å²) in [4.78, 5) is 12.9. The fraction of sp³-hybridized carbons (Fsp3) is 0.780. The van der Waals surface area contributed by atoms with Crippen molar-refractivity contribution in [1.29, 1.82) is 0 Å². The monoisotopic (exact) mass is 708 g/mol. The molecule has 0 saturated carbocycles. The van der Waals surface area contributed by atoms with Crippen LogP contribution in [0.5, 0.6) is 0 Å². The lowest BCUT2D eigenvalue weighted by atomic mass is 9.99. The first kappa shape index (κ1) is 46.2. The van der Waals surface area contributed by atoms with Crippen molar-refractivity contribution in [3.63, 3.8) is 0 Å². The van der Waals surface area contributed by atoms with Crippen molar-refractivity contribution in [3.8, 4) is 0 Å². The minimum atomic E-state index is -1.58. The van der Waals surface area contributed by atoms with Crippen LogP contribution in [0.15, 0.2) is 48.6 Å². The fourth-order valence-electron chi connectivity index (χ4n) is 5.83. The largest absolute Gasteiger partial charge is 0.394 e. The molecule has 1 fully saturated rings. The summed E-state index contributed by atoms with van der Waals surface area (Å²) in [7, 11) is 0. The zero-order chi connectivity index (χ0) is 36.7. The minimum absolute atomic E-state index is 0.212. The van der Waals surface area contributed by atoms with Gasteiger partial charge in [0.1, 0.15) is 24.4 Å². The second-order valence-electron chi connectivity index (χ2n) is 13.7. The van der Waals surface area contributed by atoms with Gasteiger partial charge in [-0.05, 0) is 70.6 Å². The Hall–Kier alpha value is -1.85. The van der Waals surface area contributed by atoms with Crippen LogP contribution in [-0.2, 0) is 14.3 Å². The van der Waals surface area contributed by atoms with Crippen molar-refractivity contribution in [2.75, 3.05) is 13.2 Å². The third-order valence-corrected chi connectivity index (χ3v) is 9.10. The van der Waals surface area contributed by atoms with Crippen LogP contribution in [-0.4, -0.2) is 87.5 Å². The van der Waals surface area contributed by atoms with Crippen molar-refractivity contribution in [2.45, 2.75) is 192 Å². The first-order valence-electron chi connectivity index (χ1n) is 19.9.